The molecule has 6 nitrogen and oxygen atoms in total. The Morgan fingerprint density at radius 3 is 2.33 bits per heavy atom. The van der Waals surface area contributed by atoms with Crippen LogP contribution in [0.25, 0.3) is 0 Å². The quantitative estimate of drug-likeness (QED) is 0.473. The van der Waals surface area contributed by atoms with Gasteiger partial charge >= 0.3 is 0 Å². The number of rotatable bonds is 7. The molecule has 0 aliphatic carbocycles. The number of hydrogen-bond donors (Lipinski definition) is 1. The molecule has 0 radical (unpaired) electrons. The van der Waals surface area contributed by atoms with Gasteiger partial charge in [0.25, 0.3) is 5.91 Å². The van der Waals surface area contributed by atoms with Crippen LogP contribution in [0.4, 0.5) is 13.9 Å². The molecule has 2 heterocycles. The van der Waals surface area contributed by atoms with Crippen LogP contribution in [-0.2, 0) is 13.2 Å². The summed E-state index contributed by atoms with van der Waals surface area (Å²) < 4.78 is 33.5. The third-order valence-corrected chi connectivity index (χ3v) is 4.86. The fourth-order valence-electron chi connectivity index (χ4n) is 2.71. The van der Waals surface area contributed by atoms with Gasteiger partial charge in [-0.2, -0.15) is 0 Å². The summed E-state index contributed by atoms with van der Waals surface area (Å²) >= 11 is 1.29. The molecule has 4 aromatic rings. The number of carbonyl (C=O) groups excluding carboxylic acids is 1. The van der Waals surface area contributed by atoms with Crippen molar-refractivity contribution >= 4 is 22.4 Å². The van der Waals surface area contributed by atoms with E-state index in [0.29, 0.717) is 11.7 Å². The van der Waals surface area contributed by atoms with E-state index >= 15 is 0 Å². The molecule has 1 amide bonds. The maximum atomic E-state index is 13.1. The predicted octanol–water partition coefficient (Wildman–Crippen LogP) is 4.50. The number of benzene rings is 2. The highest BCUT2D eigenvalue weighted by molar-refractivity contribution is 7.13. The summed E-state index contributed by atoms with van der Waals surface area (Å²) in [6.45, 7) is 0.448. The molecule has 2 aromatic carbocycles. The van der Waals surface area contributed by atoms with Gasteiger partial charge in [-0.15, -0.1) is 16.4 Å². The fourth-order valence-corrected chi connectivity index (χ4v) is 3.23. The number of carbonyl (C=O) groups is 1. The van der Waals surface area contributed by atoms with Gasteiger partial charge in [-0.05, 0) is 35.4 Å². The van der Waals surface area contributed by atoms with Crippen LogP contribution in [0.15, 0.2) is 66.3 Å². The molecule has 1 N–H and O–H groups in total. The van der Waals surface area contributed by atoms with Crippen LogP contribution in [0.2, 0.25) is 0 Å². The highest BCUT2D eigenvalue weighted by Gasteiger charge is 2.19. The normalized spacial score (nSPS) is 10.7. The lowest BCUT2D eigenvalue weighted by atomic mass is 10.2. The van der Waals surface area contributed by atoms with Crippen molar-refractivity contribution in [1.29, 1.82) is 0 Å². The Kier molecular flexibility index (Phi) is 5.80. The lowest BCUT2D eigenvalue weighted by molar-refractivity contribution is 0.102. The molecule has 4 rings (SSSR count). The molecule has 0 aliphatic rings. The predicted molar refractivity (Wildman–Crippen MR) is 109 cm³/mol. The zero-order valence-electron chi connectivity index (χ0n) is 15.6. The first-order valence-corrected chi connectivity index (χ1v) is 9.85. The van der Waals surface area contributed by atoms with E-state index in [1.54, 1.807) is 46.7 Å². The second-order valence-electron chi connectivity index (χ2n) is 6.38. The molecule has 0 fully saturated rings. The van der Waals surface area contributed by atoms with Gasteiger partial charge in [-0.3, -0.25) is 14.8 Å². The highest BCUT2D eigenvalue weighted by atomic mass is 32.1. The van der Waals surface area contributed by atoms with Gasteiger partial charge in [0.1, 0.15) is 23.8 Å². The molecule has 0 bridgehead atoms. The molecule has 0 saturated heterocycles. The van der Waals surface area contributed by atoms with E-state index in [1.165, 1.54) is 35.6 Å². The van der Waals surface area contributed by atoms with Crippen molar-refractivity contribution in [1.82, 2.24) is 14.8 Å². The molecule has 0 atom stereocenters. The van der Waals surface area contributed by atoms with E-state index in [4.69, 9.17) is 4.74 Å². The van der Waals surface area contributed by atoms with Gasteiger partial charge < -0.3 is 4.74 Å². The second kappa shape index (κ2) is 8.83. The van der Waals surface area contributed by atoms with Crippen LogP contribution in [0.5, 0.6) is 5.88 Å². The molecule has 0 spiro atoms. The number of thiazole rings is 1. The Morgan fingerprint density at radius 2 is 1.70 bits per heavy atom. The summed E-state index contributed by atoms with van der Waals surface area (Å²) in [4.78, 5) is 16.8. The number of nitrogens with zero attached hydrogens (tertiary/aromatic N) is 3. The SMILES string of the molecule is O=C(Nc1nccs1)c1cn(Cc2ccc(F)cc2)nc1OCc1ccc(F)cc1. The Bertz CT molecular complexity index is 1130. The molecule has 0 unspecified atom stereocenters. The first kappa shape index (κ1) is 19.7. The number of anilines is 1. The maximum Gasteiger partial charge on any atom is 0.264 e. The van der Waals surface area contributed by atoms with Gasteiger partial charge in [0.15, 0.2) is 5.13 Å². The summed E-state index contributed by atoms with van der Waals surface area (Å²) in [6, 6.07) is 11.9. The van der Waals surface area contributed by atoms with Crippen LogP contribution in [0, 0.1) is 11.6 Å². The van der Waals surface area contributed by atoms with E-state index in [-0.39, 0.29) is 29.7 Å². The van der Waals surface area contributed by atoms with Gasteiger partial charge in [-0.1, -0.05) is 24.3 Å². The first-order valence-electron chi connectivity index (χ1n) is 8.97. The number of hydrogen-bond acceptors (Lipinski definition) is 5. The third-order valence-electron chi connectivity index (χ3n) is 4.17. The van der Waals surface area contributed by atoms with Crippen LogP contribution in [-0.4, -0.2) is 20.7 Å². The molecule has 152 valence electrons. The van der Waals surface area contributed by atoms with E-state index in [9.17, 15) is 13.6 Å². The summed E-state index contributed by atoms with van der Waals surface area (Å²) in [6.07, 6.45) is 3.15. The van der Waals surface area contributed by atoms with Gasteiger partial charge in [0, 0.05) is 17.8 Å². The van der Waals surface area contributed by atoms with Crippen molar-refractivity contribution in [2.45, 2.75) is 13.2 Å². The van der Waals surface area contributed by atoms with Gasteiger partial charge in [0.05, 0.1) is 6.54 Å². The first-order chi connectivity index (χ1) is 14.6. The fraction of sp³-hybridized carbons (Fsp3) is 0.0952. The van der Waals surface area contributed by atoms with E-state index < -0.39 is 5.91 Å². The number of ether oxygens (including phenoxy) is 1. The number of nitrogens with one attached hydrogen (secondary N) is 1. The zero-order valence-corrected chi connectivity index (χ0v) is 16.4. The Hall–Kier alpha value is -3.59. The van der Waals surface area contributed by atoms with Crippen LogP contribution >= 0.6 is 11.3 Å². The summed E-state index contributed by atoms with van der Waals surface area (Å²) in [5, 5.41) is 9.27. The summed E-state index contributed by atoms with van der Waals surface area (Å²) in [5.74, 6) is -0.947. The van der Waals surface area contributed by atoms with Crippen molar-refractivity contribution in [2.75, 3.05) is 5.32 Å². The van der Waals surface area contributed by atoms with Crippen LogP contribution < -0.4 is 10.1 Å². The van der Waals surface area contributed by atoms with Crippen LogP contribution in [0.1, 0.15) is 21.5 Å². The van der Waals surface area contributed by atoms with Crippen molar-refractivity contribution in [3.05, 3.63) is 94.6 Å². The number of amides is 1. The minimum absolute atomic E-state index is 0.116. The molecular weight excluding hydrogens is 410 g/mol. The molecule has 2 aromatic heterocycles. The maximum absolute atomic E-state index is 13.1. The molecule has 0 aliphatic heterocycles. The van der Waals surface area contributed by atoms with Crippen molar-refractivity contribution in [3.63, 3.8) is 0 Å². The number of halogens is 2. The molecule has 30 heavy (non-hydrogen) atoms. The second-order valence-corrected chi connectivity index (χ2v) is 7.27. The standard InChI is InChI=1S/C21H16F2N4O2S/c22-16-5-1-14(2-6-16)11-27-12-18(19(28)25-21-24-9-10-30-21)20(26-27)29-13-15-3-7-17(23)8-4-15/h1-10,12H,11,13H2,(H,24,25,28). The van der Waals surface area contributed by atoms with Gasteiger partial charge in [-0.25, -0.2) is 13.8 Å². The lowest BCUT2D eigenvalue weighted by Crippen LogP contribution is -2.12. The monoisotopic (exact) mass is 426 g/mol. The highest BCUT2D eigenvalue weighted by Crippen LogP contribution is 2.21. The van der Waals surface area contributed by atoms with Crippen molar-refractivity contribution < 1.29 is 18.3 Å². The Balaban J connectivity index is 1.56. The van der Waals surface area contributed by atoms with Crippen LogP contribution in [0.3, 0.4) is 0 Å². The van der Waals surface area contributed by atoms with E-state index in [1.807, 2.05) is 0 Å². The minimum Gasteiger partial charge on any atom is -0.471 e. The summed E-state index contributed by atoms with van der Waals surface area (Å²) in [7, 11) is 0. The zero-order chi connectivity index (χ0) is 20.9. The van der Waals surface area contributed by atoms with Crippen molar-refractivity contribution in [2.24, 2.45) is 0 Å². The largest absolute Gasteiger partial charge is 0.471 e. The third kappa shape index (κ3) is 4.87. The lowest BCUT2D eigenvalue weighted by Gasteiger charge is -2.06. The van der Waals surface area contributed by atoms with Gasteiger partial charge in [0.2, 0.25) is 5.88 Å². The van der Waals surface area contributed by atoms with Crippen molar-refractivity contribution in [3.8, 4) is 5.88 Å². The topological polar surface area (TPSA) is 69.0 Å². The van der Waals surface area contributed by atoms with E-state index in [0.717, 1.165) is 11.1 Å². The average Bonchev–Trinajstić information content (AvgIpc) is 3.39. The Labute approximate surface area is 174 Å². The Morgan fingerprint density at radius 1 is 1.03 bits per heavy atom. The molecular formula is C21H16F2N4O2S. The average molecular weight is 426 g/mol. The summed E-state index contributed by atoms with van der Waals surface area (Å²) in [5.41, 5.74) is 1.78. The smallest absolute Gasteiger partial charge is 0.264 e. The molecule has 9 heteroatoms. The molecule has 0 saturated carbocycles. The number of aromatic nitrogens is 3. The minimum atomic E-state index is -0.413. The van der Waals surface area contributed by atoms with E-state index in [2.05, 4.69) is 15.4 Å².